The quantitative estimate of drug-likeness (QED) is 0.440. The zero-order valence-corrected chi connectivity index (χ0v) is 20.8. The molecule has 0 spiro atoms. The molecule has 0 amide bonds. The van der Waals surface area contributed by atoms with Gasteiger partial charge in [0.15, 0.2) is 11.5 Å². The molecule has 4 aromatic rings. The number of nitrogens with zero attached hydrogens (tertiary/aromatic N) is 7. The molecule has 2 saturated heterocycles. The average molecular weight is 505 g/mol. The first-order valence-corrected chi connectivity index (χ1v) is 12.8. The van der Waals surface area contributed by atoms with E-state index in [0.717, 1.165) is 31.9 Å². The molecule has 2 aromatic heterocycles. The van der Waals surface area contributed by atoms with E-state index in [1.807, 2.05) is 12.1 Å². The summed E-state index contributed by atoms with van der Waals surface area (Å²) in [5.41, 5.74) is 2.16. The molecule has 6 rings (SSSR count). The molecule has 192 valence electrons. The summed E-state index contributed by atoms with van der Waals surface area (Å²) in [6.07, 6.45) is 3.93. The summed E-state index contributed by atoms with van der Waals surface area (Å²) in [7, 11) is 2.20. The smallest absolute Gasteiger partial charge is 0.232 e. The summed E-state index contributed by atoms with van der Waals surface area (Å²) in [6, 6.07) is 14.2. The van der Waals surface area contributed by atoms with Crippen molar-refractivity contribution >= 4 is 23.0 Å². The number of rotatable bonds is 5. The van der Waals surface area contributed by atoms with Crippen molar-refractivity contribution in [3.8, 4) is 11.4 Å². The highest BCUT2D eigenvalue weighted by molar-refractivity contribution is 5.65. The second kappa shape index (κ2) is 10.0. The van der Waals surface area contributed by atoms with Crippen molar-refractivity contribution in [2.75, 3.05) is 56.5 Å². The van der Waals surface area contributed by atoms with Gasteiger partial charge in [-0.3, -0.25) is 4.90 Å². The molecule has 0 radical (unpaired) electrons. The van der Waals surface area contributed by atoms with E-state index in [4.69, 9.17) is 0 Å². The molecule has 0 aliphatic carbocycles. The van der Waals surface area contributed by atoms with Crippen molar-refractivity contribution in [3.05, 3.63) is 66.4 Å². The second-order valence-electron chi connectivity index (χ2n) is 9.80. The number of piperidine rings is 1. The number of piperazine rings is 1. The zero-order chi connectivity index (χ0) is 25.4. The number of anilines is 3. The summed E-state index contributed by atoms with van der Waals surface area (Å²) < 4.78 is 30.3. The lowest BCUT2D eigenvalue weighted by Crippen LogP contribution is -2.52. The maximum absolute atomic E-state index is 14.4. The monoisotopic (exact) mass is 504 g/mol. The molecule has 0 atom stereocenters. The Kier molecular flexibility index (Phi) is 6.43. The summed E-state index contributed by atoms with van der Waals surface area (Å²) in [5, 5.41) is 7.50. The van der Waals surface area contributed by atoms with Gasteiger partial charge in [-0.2, -0.15) is 14.6 Å². The topological polar surface area (TPSA) is 64.8 Å². The first kappa shape index (κ1) is 23.7. The number of hydrogen-bond donors (Lipinski definition) is 1. The Hall–Kier alpha value is -3.63. The Labute approximate surface area is 214 Å². The van der Waals surface area contributed by atoms with Crippen molar-refractivity contribution in [2.45, 2.75) is 18.9 Å². The molecule has 4 heterocycles. The number of aromatic nitrogens is 4. The first-order chi connectivity index (χ1) is 18.0. The fourth-order valence-corrected chi connectivity index (χ4v) is 5.29. The Balaban J connectivity index is 1.16. The largest absolute Gasteiger partial charge is 0.371 e. The summed E-state index contributed by atoms with van der Waals surface area (Å²) in [6.45, 7) is 6.73. The Morgan fingerprint density at radius 3 is 2.24 bits per heavy atom. The van der Waals surface area contributed by atoms with E-state index < -0.39 is 11.6 Å². The molecule has 2 aromatic carbocycles. The fraction of sp³-hybridized carbons (Fsp3) is 0.370. The van der Waals surface area contributed by atoms with Crippen LogP contribution in [0.2, 0.25) is 0 Å². The molecule has 0 saturated carbocycles. The molecule has 1 N–H and O–H groups in total. The van der Waals surface area contributed by atoms with Crippen LogP contribution in [0.3, 0.4) is 0 Å². The molecular weight excluding hydrogens is 474 g/mol. The number of hydrogen-bond acceptors (Lipinski definition) is 7. The van der Waals surface area contributed by atoms with Crippen LogP contribution >= 0.6 is 0 Å². The maximum Gasteiger partial charge on any atom is 0.232 e. The highest BCUT2D eigenvalue weighted by Gasteiger charge is 2.26. The van der Waals surface area contributed by atoms with E-state index >= 15 is 0 Å². The van der Waals surface area contributed by atoms with E-state index in [-0.39, 0.29) is 11.4 Å². The molecule has 0 unspecified atom stereocenters. The molecule has 8 nitrogen and oxygen atoms in total. The molecular formula is C27H30F2N8. The number of nitrogens with one attached hydrogen (secondary N) is 1. The fourth-order valence-electron chi connectivity index (χ4n) is 5.29. The minimum Gasteiger partial charge on any atom is -0.371 e. The highest BCUT2D eigenvalue weighted by Crippen LogP contribution is 2.28. The Morgan fingerprint density at radius 1 is 0.838 bits per heavy atom. The lowest BCUT2D eigenvalue weighted by molar-refractivity contribution is 0.0982. The lowest BCUT2D eigenvalue weighted by atomic mass is 10.0. The van der Waals surface area contributed by atoms with E-state index in [2.05, 4.69) is 54.3 Å². The molecule has 2 fully saturated rings. The second-order valence-corrected chi connectivity index (χ2v) is 9.80. The molecule has 37 heavy (non-hydrogen) atoms. The SMILES string of the molecule is CN1CCN(C2CCN(c3ccc(Nc4nc(-c5c(F)cccc5F)nc5ccnn45)cc3)CC2)CC1. The number of halogens is 2. The lowest BCUT2D eigenvalue weighted by Gasteiger charge is -2.42. The highest BCUT2D eigenvalue weighted by atomic mass is 19.1. The van der Waals surface area contributed by atoms with Crippen molar-refractivity contribution < 1.29 is 8.78 Å². The summed E-state index contributed by atoms with van der Waals surface area (Å²) >= 11 is 0. The van der Waals surface area contributed by atoms with Crippen molar-refractivity contribution in [3.63, 3.8) is 0 Å². The number of likely N-dealkylation sites (N-methyl/N-ethyl adjacent to an activating group) is 1. The maximum atomic E-state index is 14.4. The third-order valence-corrected chi connectivity index (χ3v) is 7.45. The van der Waals surface area contributed by atoms with E-state index in [0.29, 0.717) is 17.6 Å². The van der Waals surface area contributed by atoms with Crippen LogP contribution < -0.4 is 10.2 Å². The average Bonchev–Trinajstić information content (AvgIpc) is 3.39. The predicted octanol–water partition coefficient (Wildman–Crippen LogP) is 4.03. The van der Waals surface area contributed by atoms with Crippen LogP contribution in [0.15, 0.2) is 54.7 Å². The third-order valence-electron chi connectivity index (χ3n) is 7.45. The van der Waals surface area contributed by atoms with Gasteiger partial charge in [-0.25, -0.2) is 13.8 Å². The molecule has 0 bridgehead atoms. The standard InChI is InChI=1S/C27H30F2N8/c1-34-15-17-36(18-16-34)21-10-13-35(14-11-21)20-7-5-19(6-8-20)31-27-33-26(32-24-9-12-30-37(24)27)25-22(28)3-2-4-23(25)29/h2-9,12,21H,10-11,13-18H2,1H3,(H,31,32,33). The minimum absolute atomic E-state index is 0.0362. The summed E-state index contributed by atoms with van der Waals surface area (Å²) in [4.78, 5) is 16.2. The van der Waals surface area contributed by atoms with Crippen LogP contribution in [-0.2, 0) is 0 Å². The molecule has 2 aliphatic heterocycles. The van der Waals surface area contributed by atoms with Gasteiger partial charge in [0.2, 0.25) is 5.95 Å². The molecule has 2 aliphatic rings. The van der Waals surface area contributed by atoms with Crippen LogP contribution in [0, 0.1) is 11.6 Å². The van der Waals surface area contributed by atoms with Gasteiger partial charge in [0.25, 0.3) is 0 Å². The van der Waals surface area contributed by atoms with Crippen LogP contribution in [-0.4, -0.2) is 81.7 Å². The first-order valence-electron chi connectivity index (χ1n) is 12.8. The number of benzene rings is 2. The van der Waals surface area contributed by atoms with Gasteiger partial charge in [0.05, 0.1) is 11.8 Å². The normalized spacial score (nSPS) is 18.0. The van der Waals surface area contributed by atoms with E-state index in [9.17, 15) is 8.78 Å². The van der Waals surface area contributed by atoms with Crippen LogP contribution in [0.1, 0.15) is 12.8 Å². The summed E-state index contributed by atoms with van der Waals surface area (Å²) in [5.74, 6) is -1.13. The van der Waals surface area contributed by atoms with Gasteiger partial charge in [-0.15, -0.1) is 0 Å². The van der Waals surface area contributed by atoms with Gasteiger partial charge < -0.3 is 15.1 Å². The van der Waals surface area contributed by atoms with Crippen LogP contribution in [0.5, 0.6) is 0 Å². The Bertz CT molecular complexity index is 1350. The number of fused-ring (bicyclic) bond motifs is 1. The van der Waals surface area contributed by atoms with Gasteiger partial charge >= 0.3 is 0 Å². The van der Waals surface area contributed by atoms with E-state index in [1.54, 1.807) is 12.3 Å². The predicted molar refractivity (Wildman–Crippen MR) is 140 cm³/mol. The van der Waals surface area contributed by atoms with Crippen molar-refractivity contribution in [1.29, 1.82) is 0 Å². The van der Waals surface area contributed by atoms with Gasteiger partial charge in [0, 0.05) is 62.8 Å². The van der Waals surface area contributed by atoms with Crippen LogP contribution in [0.25, 0.3) is 17.0 Å². The minimum atomic E-state index is -0.712. The van der Waals surface area contributed by atoms with Gasteiger partial charge in [0.1, 0.15) is 11.6 Å². The zero-order valence-electron chi connectivity index (χ0n) is 20.8. The van der Waals surface area contributed by atoms with Crippen molar-refractivity contribution in [2.24, 2.45) is 0 Å². The van der Waals surface area contributed by atoms with Crippen molar-refractivity contribution in [1.82, 2.24) is 29.4 Å². The van der Waals surface area contributed by atoms with E-state index in [1.165, 1.54) is 54.3 Å². The van der Waals surface area contributed by atoms with Gasteiger partial charge in [-0.1, -0.05) is 6.07 Å². The van der Waals surface area contributed by atoms with Crippen LogP contribution in [0.4, 0.5) is 26.1 Å². The molecule has 10 heteroatoms. The van der Waals surface area contributed by atoms with Gasteiger partial charge in [-0.05, 0) is 56.3 Å². The Morgan fingerprint density at radius 2 is 1.54 bits per heavy atom. The third kappa shape index (κ3) is 4.86.